The lowest BCUT2D eigenvalue weighted by molar-refractivity contribution is -0.123. The van der Waals surface area contributed by atoms with Gasteiger partial charge in [0.05, 0.1) is 0 Å². The first-order valence-electron chi connectivity index (χ1n) is 9.94. The average molecular weight is 400 g/mol. The van der Waals surface area contributed by atoms with Gasteiger partial charge in [-0.25, -0.2) is 9.18 Å². The fourth-order valence-electron chi connectivity index (χ4n) is 2.76. The van der Waals surface area contributed by atoms with Gasteiger partial charge < -0.3 is 21.3 Å². The van der Waals surface area contributed by atoms with E-state index in [1.54, 1.807) is 12.1 Å². The summed E-state index contributed by atoms with van der Waals surface area (Å²) in [6, 6.07) is 14.8. The first kappa shape index (κ1) is 22.2. The quantitative estimate of drug-likeness (QED) is 0.436. The van der Waals surface area contributed by atoms with E-state index in [0.717, 1.165) is 30.6 Å². The number of carbonyl (C=O) groups excluding carboxylic acids is 2. The zero-order chi connectivity index (χ0) is 20.9. The van der Waals surface area contributed by atoms with E-state index in [1.807, 2.05) is 37.3 Å². The number of hydrogen-bond acceptors (Lipinski definition) is 3. The molecular weight excluding hydrogens is 371 g/mol. The van der Waals surface area contributed by atoms with E-state index in [2.05, 4.69) is 21.3 Å². The lowest BCUT2D eigenvalue weighted by atomic mass is 10.1. The van der Waals surface area contributed by atoms with Gasteiger partial charge in [0.15, 0.2) is 0 Å². The minimum Gasteiger partial charge on any atom is -0.385 e. The van der Waals surface area contributed by atoms with Crippen molar-refractivity contribution in [3.63, 3.8) is 0 Å². The van der Waals surface area contributed by atoms with E-state index in [9.17, 15) is 14.0 Å². The van der Waals surface area contributed by atoms with Gasteiger partial charge >= 0.3 is 6.03 Å². The SMILES string of the molecule is CCCC(NC(=O)NCc1ccc(F)cc1)C(=O)NCCCNc1ccccc1. The van der Waals surface area contributed by atoms with Crippen LogP contribution >= 0.6 is 0 Å². The lowest BCUT2D eigenvalue weighted by Gasteiger charge is -2.18. The molecule has 0 fully saturated rings. The number of rotatable bonds is 11. The molecular formula is C22H29FN4O2. The molecule has 0 saturated carbocycles. The van der Waals surface area contributed by atoms with Crippen molar-refractivity contribution in [1.82, 2.24) is 16.0 Å². The first-order chi connectivity index (χ1) is 14.1. The monoisotopic (exact) mass is 400 g/mol. The topological polar surface area (TPSA) is 82.3 Å². The van der Waals surface area contributed by atoms with Crippen molar-refractivity contribution in [3.05, 3.63) is 66.0 Å². The number of carbonyl (C=O) groups is 2. The Hall–Kier alpha value is -3.09. The summed E-state index contributed by atoms with van der Waals surface area (Å²) in [5, 5.41) is 11.6. The molecule has 0 spiro atoms. The average Bonchev–Trinajstić information content (AvgIpc) is 2.73. The molecule has 0 heterocycles. The third-order valence-electron chi connectivity index (χ3n) is 4.32. The highest BCUT2D eigenvalue weighted by molar-refractivity contribution is 5.86. The van der Waals surface area contributed by atoms with E-state index in [-0.39, 0.29) is 18.3 Å². The summed E-state index contributed by atoms with van der Waals surface area (Å²) in [7, 11) is 0. The number of benzene rings is 2. The second-order valence-electron chi connectivity index (χ2n) is 6.73. The smallest absolute Gasteiger partial charge is 0.315 e. The highest BCUT2D eigenvalue weighted by Gasteiger charge is 2.19. The van der Waals surface area contributed by atoms with Gasteiger partial charge in [-0.2, -0.15) is 0 Å². The summed E-state index contributed by atoms with van der Waals surface area (Å²) in [5.74, 6) is -0.514. The molecule has 6 nitrogen and oxygen atoms in total. The van der Waals surface area contributed by atoms with Gasteiger partial charge in [-0.1, -0.05) is 43.7 Å². The van der Waals surface area contributed by atoms with Gasteiger partial charge in [0, 0.05) is 25.3 Å². The van der Waals surface area contributed by atoms with Gasteiger partial charge in [-0.3, -0.25) is 4.79 Å². The second kappa shape index (κ2) is 12.4. The predicted octanol–water partition coefficient (Wildman–Crippen LogP) is 3.41. The van der Waals surface area contributed by atoms with Crippen LogP contribution in [0.2, 0.25) is 0 Å². The summed E-state index contributed by atoms with van der Waals surface area (Å²) in [6.07, 6.45) is 2.10. The standard InChI is InChI=1S/C22H29FN4O2/c1-2-7-20(27-22(29)26-16-17-10-12-18(23)13-11-17)21(28)25-15-6-14-24-19-8-4-3-5-9-19/h3-5,8-13,20,24H,2,6-7,14-16H2,1H3,(H,25,28)(H2,26,27,29). The maximum atomic E-state index is 12.9. The van der Waals surface area contributed by atoms with Crippen LogP contribution in [-0.2, 0) is 11.3 Å². The van der Waals surface area contributed by atoms with Crippen LogP contribution in [0, 0.1) is 5.82 Å². The molecule has 0 radical (unpaired) electrons. The molecule has 4 N–H and O–H groups in total. The molecule has 7 heteroatoms. The molecule has 0 aromatic heterocycles. The summed E-state index contributed by atoms with van der Waals surface area (Å²) < 4.78 is 12.9. The molecule has 156 valence electrons. The van der Waals surface area contributed by atoms with Crippen molar-refractivity contribution < 1.29 is 14.0 Å². The summed E-state index contributed by atoms with van der Waals surface area (Å²) in [4.78, 5) is 24.5. The molecule has 1 unspecified atom stereocenters. The van der Waals surface area contributed by atoms with Crippen LogP contribution < -0.4 is 21.3 Å². The Kier molecular flexibility index (Phi) is 9.48. The van der Waals surface area contributed by atoms with Crippen molar-refractivity contribution in [2.75, 3.05) is 18.4 Å². The molecule has 2 aromatic carbocycles. The van der Waals surface area contributed by atoms with Crippen LogP contribution in [0.4, 0.5) is 14.9 Å². The fraction of sp³-hybridized carbons (Fsp3) is 0.364. The Morgan fingerprint density at radius 3 is 2.38 bits per heavy atom. The zero-order valence-corrected chi connectivity index (χ0v) is 16.7. The maximum Gasteiger partial charge on any atom is 0.315 e. The molecule has 0 aliphatic heterocycles. The molecule has 0 aliphatic carbocycles. The van der Waals surface area contributed by atoms with E-state index < -0.39 is 12.1 Å². The molecule has 0 aliphatic rings. The Bertz CT molecular complexity index is 753. The van der Waals surface area contributed by atoms with Crippen molar-refractivity contribution in [2.24, 2.45) is 0 Å². The lowest BCUT2D eigenvalue weighted by Crippen LogP contribution is -2.50. The summed E-state index contributed by atoms with van der Waals surface area (Å²) in [6.45, 7) is 3.49. The van der Waals surface area contributed by atoms with Crippen LogP contribution in [0.1, 0.15) is 31.7 Å². The van der Waals surface area contributed by atoms with Gasteiger partial charge in [0.2, 0.25) is 5.91 Å². The van der Waals surface area contributed by atoms with Crippen LogP contribution in [0.15, 0.2) is 54.6 Å². The van der Waals surface area contributed by atoms with Crippen LogP contribution in [0.5, 0.6) is 0 Å². The van der Waals surface area contributed by atoms with E-state index >= 15 is 0 Å². The number of nitrogens with one attached hydrogen (secondary N) is 4. The predicted molar refractivity (Wildman–Crippen MR) is 113 cm³/mol. The largest absolute Gasteiger partial charge is 0.385 e. The third kappa shape index (κ3) is 8.64. The van der Waals surface area contributed by atoms with Gasteiger partial charge in [0.1, 0.15) is 11.9 Å². The van der Waals surface area contributed by atoms with Crippen LogP contribution in [0.3, 0.4) is 0 Å². The normalized spacial score (nSPS) is 11.4. The van der Waals surface area contributed by atoms with Crippen molar-refractivity contribution in [1.29, 1.82) is 0 Å². The highest BCUT2D eigenvalue weighted by atomic mass is 19.1. The van der Waals surface area contributed by atoms with Crippen LogP contribution in [0.25, 0.3) is 0 Å². The van der Waals surface area contributed by atoms with Gasteiger partial charge in [-0.05, 0) is 42.7 Å². The summed E-state index contributed by atoms with van der Waals surface area (Å²) >= 11 is 0. The molecule has 0 saturated heterocycles. The molecule has 2 aromatic rings. The zero-order valence-electron chi connectivity index (χ0n) is 16.7. The Labute approximate surface area is 171 Å². The van der Waals surface area contributed by atoms with Crippen LogP contribution in [-0.4, -0.2) is 31.1 Å². The number of amides is 3. The summed E-state index contributed by atoms with van der Waals surface area (Å²) in [5.41, 5.74) is 1.83. The van der Waals surface area contributed by atoms with Crippen molar-refractivity contribution in [3.8, 4) is 0 Å². The Morgan fingerprint density at radius 1 is 0.966 bits per heavy atom. The van der Waals surface area contributed by atoms with Crippen molar-refractivity contribution in [2.45, 2.75) is 38.8 Å². The molecule has 29 heavy (non-hydrogen) atoms. The fourth-order valence-corrected chi connectivity index (χ4v) is 2.76. The van der Waals surface area contributed by atoms with Gasteiger partial charge in [-0.15, -0.1) is 0 Å². The Balaban J connectivity index is 1.68. The number of hydrogen-bond donors (Lipinski definition) is 4. The van der Waals surface area contributed by atoms with Gasteiger partial charge in [0.25, 0.3) is 0 Å². The number of para-hydroxylation sites is 1. The maximum absolute atomic E-state index is 12.9. The first-order valence-corrected chi connectivity index (χ1v) is 9.94. The third-order valence-corrected chi connectivity index (χ3v) is 4.32. The van der Waals surface area contributed by atoms with Crippen molar-refractivity contribution >= 4 is 17.6 Å². The molecule has 2 rings (SSSR count). The minimum absolute atomic E-state index is 0.191. The van der Waals surface area contributed by atoms with E-state index in [4.69, 9.17) is 0 Å². The molecule has 1 atom stereocenters. The van der Waals surface area contributed by atoms with E-state index in [1.165, 1.54) is 12.1 Å². The highest BCUT2D eigenvalue weighted by Crippen LogP contribution is 2.04. The number of halogens is 1. The number of urea groups is 1. The second-order valence-corrected chi connectivity index (χ2v) is 6.73. The Morgan fingerprint density at radius 2 is 1.69 bits per heavy atom. The number of anilines is 1. The van der Waals surface area contributed by atoms with E-state index in [0.29, 0.717) is 13.0 Å². The molecule has 0 bridgehead atoms. The molecule has 3 amide bonds. The minimum atomic E-state index is -0.588.